The molecule has 4 nitrogen and oxygen atoms in total. The molecule has 0 aliphatic heterocycles. The molecule has 12 heavy (non-hydrogen) atoms. The van der Waals surface area contributed by atoms with Crippen LogP contribution in [0, 0.1) is 0 Å². The average Bonchev–Trinajstić information content (AvgIpc) is 2.01. The van der Waals surface area contributed by atoms with Crippen LogP contribution in [0.3, 0.4) is 0 Å². The fraction of sp³-hybridized carbons (Fsp3) is 0.714. The zero-order valence-corrected chi connectivity index (χ0v) is 7.86. The molecule has 0 aromatic heterocycles. The third-order valence-corrected chi connectivity index (χ3v) is 1.08. The van der Waals surface area contributed by atoms with E-state index in [1.54, 1.807) is 0 Å². The summed E-state index contributed by atoms with van der Waals surface area (Å²) in [6.07, 6.45) is 1.97. The van der Waals surface area contributed by atoms with Crippen molar-refractivity contribution in [3.05, 3.63) is 0 Å². The molecule has 0 saturated heterocycles. The van der Waals surface area contributed by atoms with Gasteiger partial charge in [0.05, 0.1) is 0 Å². The van der Waals surface area contributed by atoms with Crippen molar-refractivity contribution in [2.75, 3.05) is 13.2 Å². The first kappa shape index (κ1) is 13.8. The molecule has 0 aliphatic rings. The van der Waals surface area contributed by atoms with Gasteiger partial charge in [-0.1, -0.05) is 13.3 Å². The predicted molar refractivity (Wildman–Crippen MR) is 47.6 cm³/mol. The molecule has 1 amide bonds. The zero-order valence-electron chi connectivity index (χ0n) is 7.04. The van der Waals surface area contributed by atoms with Gasteiger partial charge in [0, 0.05) is 6.54 Å². The SMILES string of the molecule is CCCCNC(=O)OCC=O.Cl. The minimum Gasteiger partial charge on any atom is -0.442 e. The molecule has 0 saturated carbocycles. The van der Waals surface area contributed by atoms with Crippen LogP contribution in [0.25, 0.3) is 0 Å². The van der Waals surface area contributed by atoms with E-state index >= 15 is 0 Å². The first-order valence-electron chi connectivity index (χ1n) is 3.65. The smallest absolute Gasteiger partial charge is 0.407 e. The number of nitrogens with one attached hydrogen (secondary N) is 1. The summed E-state index contributed by atoms with van der Waals surface area (Å²) in [5.74, 6) is 0. The summed E-state index contributed by atoms with van der Waals surface area (Å²) in [7, 11) is 0. The lowest BCUT2D eigenvalue weighted by atomic mass is 10.3. The second kappa shape index (κ2) is 10.2. The molecule has 0 rings (SSSR count). The van der Waals surface area contributed by atoms with E-state index in [0.717, 1.165) is 12.8 Å². The van der Waals surface area contributed by atoms with Crippen molar-refractivity contribution in [3.8, 4) is 0 Å². The van der Waals surface area contributed by atoms with Crippen LogP contribution in [0.15, 0.2) is 0 Å². The van der Waals surface area contributed by atoms with Gasteiger partial charge >= 0.3 is 6.09 Å². The highest BCUT2D eigenvalue weighted by Gasteiger charge is 1.97. The topological polar surface area (TPSA) is 55.4 Å². The van der Waals surface area contributed by atoms with Crippen molar-refractivity contribution >= 4 is 24.8 Å². The number of alkyl carbamates (subject to hydrolysis) is 1. The van der Waals surface area contributed by atoms with Crippen molar-refractivity contribution in [3.63, 3.8) is 0 Å². The van der Waals surface area contributed by atoms with Crippen LogP contribution in [0.2, 0.25) is 0 Å². The molecule has 0 unspecified atom stereocenters. The van der Waals surface area contributed by atoms with Crippen LogP contribution in [-0.4, -0.2) is 25.5 Å². The number of carbonyl (C=O) groups excluding carboxylic acids is 2. The van der Waals surface area contributed by atoms with Crippen molar-refractivity contribution < 1.29 is 14.3 Å². The zero-order chi connectivity index (χ0) is 8.53. The Kier molecular flexibility index (Phi) is 11.8. The van der Waals surface area contributed by atoms with E-state index in [-0.39, 0.29) is 19.0 Å². The molecule has 0 atom stereocenters. The van der Waals surface area contributed by atoms with Crippen molar-refractivity contribution in [1.29, 1.82) is 0 Å². The molecule has 0 radical (unpaired) electrons. The van der Waals surface area contributed by atoms with Crippen molar-refractivity contribution in [2.24, 2.45) is 0 Å². The maximum absolute atomic E-state index is 10.6. The van der Waals surface area contributed by atoms with Gasteiger partial charge in [-0.05, 0) is 6.42 Å². The van der Waals surface area contributed by atoms with E-state index in [1.165, 1.54) is 0 Å². The summed E-state index contributed by atoms with van der Waals surface area (Å²) < 4.78 is 4.42. The maximum atomic E-state index is 10.6. The van der Waals surface area contributed by atoms with Gasteiger partial charge in [-0.15, -0.1) is 12.4 Å². The van der Waals surface area contributed by atoms with Gasteiger partial charge < -0.3 is 10.1 Å². The van der Waals surface area contributed by atoms with Crippen LogP contribution in [0.1, 0.15) is 19.8 Å². The van der Waals surface area contributed by atoms with Gasteiger partial charge in [-0.2, -0.15) is 0 Å². The normalized spacial score (nSPS) is 8.08. The standard InChI is InChI=1S/C7H13NO3.ClH/c1-2-3-4-8-7(10)11-6-5-9;/h5H,2-4,6H2,1H3,(H,8,10);1H. The summed E-state index contributed by atoms with van der Waals surface area (Å²) in [5.41, 5.74) is 0. The van der Waals surface area contributed by atoms with E-state index < -0.39 is 6.09 Å². The fourth-order valence-electron chi connectivity index (χ4n) is 0.528. The lowest BCUT2D eigenvalue weighted by molar-refractivity contribution is -0.110. The number of unbranched alkanes of at least 4 members (excludes halogenated alkanes) is 1. The molecule has 0 bridgehead atoms. The maximum Gasteiger partial charge on any atom is 0.407 e. The third kappa shape index (κ3) is 9.23. The first-order valence-corrected chi connectivity index (χ1v) is 3.65. The average molecular weight is 196 g/mol. The molecule has 0 aliphatic carbocycles. The summed E-state index contributed by atoms with van der Waals surface area (Å²) >= 11 is 0. The Balaban J connectivity index is 0. The highest BCUT2D eigenvalue weighted by molar-refractivity contribution is 5.85. The molecule has 0 aromatic rings. The van der Waals surface area contributed by atoms with E-state index in [4.69, 9.17) is 0 Å². The quantitative estimate of drug-likeness (QED) is 0.529. The molecule has 1 N–H and O–H groups in total. The molecule has 72 valence electrons. The van der Waals surface area contributed by atoms with E-state index in [2.05, 4.69) is 10.1 Å². The third-order valence-electron chi connectivity index (χ3n) is 1.08. The highest BCUT2D eigenvalue weighted by Crippen LogP contribution is 1.83. The lowest BCUT2D eigenvalue weighted by Gasteiger charge is -2.02. The predicted octanol–water partition coefficient (Wildman–Crippen LogP) is 1.13. The molecular formula is C7H14ClNO3. The van der Waals surface area contributed by atoms with Crippen molar-refractivity contribution in [1.82, 2.24) is 5.32 Å². The minimum atomic E-state index is -0.523. The van der Waals surface area contributed by atoms with Gasteiger partial charge in [-0.3, -0.25) is 4.79 Å². The Morgan fingerprint density at radius 2 is 2.25 bits per heavy atom. The van der Waals surface area contributed by atoms with Crippen LogP contribution >= 0.6 is 12.4 Å². The minimum absolute atomic E-state index is 0. The summed E-state index contributed by atoms with van der Waals surface area (Å²) in [6, 6.07) is 0. The van der Waals surface area contributed by atoms with Crippen LogP contribution in [0.4, 0.5) is 4.79 Å². The molecule has 0 heterocycles. The monoisotopic (exact) mass is 195 g/mol. The molecule has 0 aromatic carbocycles. The molecule has 0 fully saturated rings. The number of carbonyl (C=O) groups is 2. The Bertz CT molecular complexity index is 130. The summed E-state index contributed by atoms with van der Waals surface area (Å²) in [4.78, 5) is 20.3. The van der Waals surface area contributed by atoms with Gasteiger partial charge in [0.15, 0.2) is 6.29 Å². The lowest BCUT2D eigenvalue weighted by Crippen LogP contribution is -2.25. The fourth-order valence-corrected chi connectivity index (χ4v) is 0.528. The van der Waals surface area contributed by atoms with Gasteiger partial charge in [0.1, 0.15) is 6.61 Å². The van der Waals surface area contributed by atoms with Crippen LogP contribution in [-0.2, 0) is 9.53 Å². The summed E-state index contributed by atoms with van der Waals surface area (Å²) in [6.45, 7) is 2.46. The second-order valence-corrected chi connectivity index (χ2v) is 2.05. The van der Waals surface area contributed by atoms with Gasteiger partial charge in [0.2, 0.25) is 0 Å². The second-order valence-electron chi connectivity index (χ2n) is 2.05. The number of hydrogen-bond acceptors (Lipinski definition) is 3. The Labute approximate surface area is 78.1 Å². The number of amides is 1. The van der Waals surface area contributed by atoms with Gasteiger partial charge in [0.25, 0.3) is 0 Å². The van der Waals surface area contributed by atoms with Crippen LogP contribution in [0.5, 0.6) is 0 Å². The number of hydrogen-bond donors (Lipinski definition) is 1. The van der Waals surface area contributed by atoms with E-state index in [1.807, 2.05) is 6.92 Å². The number of halogens is 1. The van der Waals surface area contributed by atoms with Crippen LogP contribution < -0.4 is 5.32 Å². The highest BCUT2D eigenvalue weighted by atomic mass is 35.5. The number of aldehydes is 1. The largest absolute Gasteiger partial charge is 0.442 e. The number of rotatable bonds is 5. The van der Waals surface area contributed by atoms with Gasteiger partial charge in [-0.25, -0.2) is 4.79 Å². The molecule has 0 spiro atoms. The number of ether oxygens (including phenoxy) is 1. The first-order chi connectivity index (χ1) is 5.31. The van der Waals surface area contributed by atoms with E-state index in [0.29, 0.717) is 12.8 Å². The van der Waals surface area contributed by atoms with Crippen molar-refractivity contribution in [2.45, 2.75) is 19.8 Å². The Hall–Kier alpha value is -0.770. The summed E-state index contributed by atoms with van der Waals surface area (Å²) in [5, 5.41) is 2.50. The molecule has 5 heteroatoms. The Morgan fingerprint density at radius 3 is 2.75 bits per heavy atom. The van der Waals surface area contributed by atoms with E-state index in [9.17, 15) is 9.59 Å². The molecular weight excluding hydrogens is 182 g/mol. The Morgan fingerprint density at radius 1 is 1.58 bits per heavy atom.